The number of aryl methyl sites for hydroxylation is 1. The fourth-order valence-corrected chi connectivity index (χ4v) is 9.23. The summed E-state index contributed by atoms with van der Waals surface area (Å²) in [6.07, 6.45) is -0.250. The van der Waals surface area contributed by atoms with E-state index >= 15 is 0 Å². The Morgan fingerprint density at radius 3 is 2.38 bits per heavy atom. The van der Waals surface area contributed by atoms with Crippen LogP contribution in [0.25, 0.3) is 11.0 Å². The van der Waals surface area contributed by atoms with Gasteiger partial charge in [-0.3, -0.25) is 9.35 Å². The molecule has 2 N–H and O–H groups in total. The van der Waals surface area contributed by atoms with E-state index in [-0.39, 0.29) is 35.0 Å². The summed E-state index contributed by atoms with van der Waals surface area (Å²) in [6.45, 7) is 8.79. The monoisotopic (exact) mass is 490 g/mol. The lowest BCUT2D eigenvalue weighted by Crippen LogP contribution is -2.61. The van der Waals surface area contributed by atoms with Gasteiger partial charge in [-0.05, 0) is 62.6 Å². The van der Waals surface area contributed by atoms with Crippen molar-refractivity contribution in [3.8, 4) is 5.75 Å². The number of carbonyl (C=O) groups excluding carboxylic acids is 1. The Kier molecular flexibility index (Phi) is 4.79. The first-order valence-corrected chi connectivity index (χ1v) is 13.1. The number of benzene rings is 1. The third-order valence-electron chi connectivity index (χ3n) is 9.05. The van der Waals surface area contributed by atoms with Gasteiger partial charge >= 0.3 is 5.63 Å². The van der Waals surface area contributed by atoms with Crippen LogP contribution in [-0.4, -0.2) is 34.7 Å². The number of ether oxygens (including phenoxy) is 1. The molecule has 2 fully saturated rings. The minimum atomic E-state index is -4.83. The lowest BCUT2D eigenvalue weighted by Gasteiger charge is -2.51. The minimum Gasteiger partial charge on any atom is -0.487 e. The van der Waals surface area contributed by atoms with Gasteiger partial charge < -0.3 is 14.3 Å². The van der Waals surface area contributed by atoms with E-state index in [1.165, 1.54) is 6.07 Å². The summed E-state index contributed by atoms with van der Waals surface area (Å²) in [5.74, 6) is -1.14. The smallest absolute Gasteiger partial charge is 0.336 e. The molecule has 2 aliphatic carbocycles. The normalized spacial score (nSPS) is 32.4. The van der Waals surface area contributed by atoms with Crippen LogP contribution in [0.5, 0.6) is 5.75 Å². The van der Waals surface area contributed by atoms with Gasteiger partial charge in [0, 0.05) is 23.8 Å². The molecule has 2 heterocycles. The standard InChI is InChI=1S/C25H30O8S/c1-12-10-17(27)32-21-14(12)6-7-15-18(21)20(28)19(24(4,5)33-15)22(34(29,30)31)25-9-8-13(11-16(25)26)23(25,2)3/h6-7,10,13,19-20,22,28H,8-9,11H2,1-5H3,(H,29,30,31)/t13?,19-,20-,22?,25?/m0/s1. The summed E-state index contributed by atoms with van der Waals surface area (Å²) in [4.78, 5) is 25.6. The van der Waals surface area contributed by atoms with Crippen LogP contribution in [0, 0.1) is 29.6 Å². The predicted octanol–water partition coefficient (Wildman–Crippen LogP) is 3.57. The summed E-state index contributed by atoms with van der Waals surface area (Å²) in [7, 11) is -4.83. The first-order chi connectivity index (χ1) is 15.6. The van der Waals surface area contributed by atoms with Crippen LogP contribution in [0.3, 0.4) is 0 Å². The Morgan fingerprint density at radius 2 is 1.82 bits per heavy atom. The first-order valence-electron chi connectivity index (χ1n) is 11.6. The molecule has 3 unspecified atom stereocenters. The Hall–Kier alpha value is -2.23. The molecule has 5 atom stereocenters. The molecule has 0 spiro atoms. The fourth-order valence-electron chi connectivity index (χ4n) is 7.32. The number of aliphatic hydroxyl groups excluding tert-OH is 1. The largest absolute Gasteiger partial charge is 0.487 e. The second-order valence-corrected chi connectivity index (χ2v) is 12.8. The van der Waals surface area contributed by atoms with Gasteiger partial charge in [0.1, 0.15) is 28.0 Å². The van der Waals surface area contributed by atoms with Gasteiger partial charge in [0.25, 0.3) is 10.1 Å². The maximum atomic E-state index is 13.4. The maximum Gasteiger partial charge on any atom is 0.336 e. The Balaban J connectivity index is 1.79. The van der Waals surface area contributed by atoms with Crippen LogP contribution in [0.15, 0.2) is 27.4 Å². The van der Waals surface area contributed by atoms with Gasteiger partial charge in [0.2, 0.25) is 0 Å². The molecule has 184 valence electrons. The lowest BCUT2D eigenvalue weighted by molar-refractivity contribution is -0.135. The molecule has 2 bridgehead atoms. The molecule has 2 aromatic rings. The summed E-state index contributed by atoms with van der Waals surface area (Å²) < 4.78 is 48.6. The second-order valence-electron chi connectivity index (χ2n) is 11.3. The molecule has 1 aromatic heterocycles. The highest BCUT2D eigenvalue weighted by atomic mass is 32.2. The Bertz CT molecular complexity index is 1390. The molecule has 2 saturated carbocycles. The maximum absolute atomic E-state index is 13.4. The zero-order valence-corrected chi connectivity index (χ0v) is 20.7. The van der Waals surface area contributed by atoms with Gasteiger partial charge in [-0.25, -0.2) is 4.79 Å². The molecular formula is C25H30O8S. The predicted molar refractivity (Wildman–Crippen MR) is 124 cm³/mol. The molecule has 8 nitrogen and oxygen atoms in total. The van der Waals surface area contributed by atoms with Gasteiger partial charge in [-0.1, -0.05) is 13.8 Å². The first kappa shape index (κ1) is 23.5. The van der Waals surface area contributed by atoms with E-state index in [2.05, 4.69) is 0 Å². The lowest BCUT2D eigenvalue weighted by atomic mass is 9.60. The van der Waals surface area contributed by atoms with Gasteiger partial charge in [0.15, 0.2) is 0 Å². The third-order valence-corrected chi connectivity index (χ3v) is 10.4. The second kappa shape index (κ2) is 6.92. The molecule has 3 aliphatic rings. The number of aliphatic hydroxyl groups is 1. The fraction of sp³-hybridized carbons (Fsp3) is 0.600. The van der Waals surface area contributed by atoms with E-state index in [0.717, 1.165) is 0 Å². The van der Waals surface area contributed by atoms with E-state index < -0.39 is 49.4 Å². The van der Waals surface area contributed by atoms with Crippen molar-refractivity contribution >= 4 is 26.9 Å². The van der Waals surface area contributed by atoms with Crippen molar-refractivity contribution in [2.75, 3.05) is 0 Å². The minimum absolute atomic E-state index is 0.00259. The van der Waals surface area contributed by atoms with Crippen LogP contribution in [-0.2, 0) is 14.9 Å². The van der Waals surface area contributed by atoms with E-state index in [1.54, 1.807) is 32.9 Å². The SMILES string of the molecule is Cc1cc(=O)oc2c3c(ccc12)OC(C)(C)[C@H](C(C12CCC(CC1=O)C2(C)C)S(=O)(=O)O)[C@H]3O. The molecular weight excluding hydrogens is 460 g/mol. The van der Waals surface area contributed by atoms with Gasteiger partial charge in [0.05, 0.1) is 17.1 Å². The van der Waals surface area contributed by atoms with Gasteiger partial charge in [-0.2, -0.15) is 8.42 Å². The highest BCUT2D eigenvalue weighted by Gasteiger charge is 2.73. The van der Waals surface area contributed by atoms with E-state index in [9.17, 15) is 27.7 Å². The highest BCUT2D eigenvalue weighted by molar-refractivity contribution is 7.86. The molecule has 0 radical (unpaired) electrons. The van der Waals surface area contributed by atoms with E-state index in [1.807, 2.05) is 13.8 Å². The zero-order valence-electron chi connectivity index (χ0n) is 19.9. The van der Waals surface area contributed by atoms with Crippen LogP contribution >= 0.6 is 0 Å². The number of fused-ring (bicyclic) bond motifs is 5. The summed E-state index contributed by atoms with van der Waals surface area (Å²) in [5, 5.41) is 10.8. The Morgan fingerprint density at radius 1 is 1.15 bits per heavy atom. The van der Waals surface area contributed by atoms with Crippen molar-refractivity contribution in [3.63, 3.8) is 0 Å². The quantitative estimate of drug-likeness (QED) is 0.493. The van der Waals surface area contributed by atoms with Crippen LogP contribution in [0.2, 0.25) is 0 Å². The number of carbonyl (C=O) groups is 1. The number of ketones is 1. The molecule has 0 saturated heterocycles. The highest BCUT2D eigenvalue weighted by Crippen LogP contribution is 2.69. The Labute approximate surface area is 198 Å². The number of rotatable bonds is 3. The van der Waals surface area contributed by atoms with Crippen molar-refractivity contribution in [2.45, 2.75) is 70.8 Å². The van der Waals surface area contributed by atoms with Crippen molar-refractivity contribution < 1.29 is 32.0 Å². The number of Topliss-reactive ketones (excluding diaryl/α,β-unsaturated/α-hetero) is 1. The number of hydrogen-bond donors (Lipinski definition) is 2. The topological polar surface area (TPSA) is 131 Å². The average molecular weight is 491 g/mol. The molecule has 1 aromatic carbocycles. The van der Waals surface area contributed by atoms with Crippen molar-refractivity contribution in [1.29, 1.82) is 0 Å². The summed E-state index contributed by atoms with van der Waals surface area (Å²) in [5.41, 5.74) is -3.02. The average Bonchev–Trinajstić information content (AvgIpc) is 3.04. The summed E-state index contributed by atoms with van der Waals surface area (Å²) in [6, 6.07) is 4.72. The summed E-state index contributed by atoms with van der Waals surface area (Å²) >= 11 is 0. The van der Waals surface area contributed by atoms with E-state index in [4.69, 9.17) is 9.15 Å². The molecule has 9 heteroatoms. The molecule has 34 heavy (non-hydrogen) atoms. The van der Waals surface area contributed by atoms with Gasteiger partial charge in [-0.15, -0.1) is 0 Å². The van der Waals surface area contributed by atoms with E-state index in [0.29, 0.717) is 23.8 Å². The van der Waals surface area contributed by atoms with Crippen molar-refractivity contribution in [2.24, 2.45) is 22.7 Å². The van der Waals surface area contributed by atoms with Crippen LogP contribution in [0.4, 0.5) is 0 Å². The van der Waals surface area contributed by atoms with Crippen LogP contribution < -0.4 is 10.4 Å². The van der Waals surface area contributed by atoms with Crippen molar-refractivity contribution in [3.05, 3.63) is 39.7 Å². The third kappa shape index (κ3) is 2.86. The number of hydrogen-bond acceptors (Lipinski definition) is 7. The van der Waals surface area contributed by atoms with Crippen molar-refractivity contribution in [1.82, 2.24) is 0 Å². The molecule has 1 aliphatic heterocycles. The zero-order chi connectivity index (χ0) is 25.0. The molecule has 0 amide bonds. The molecule has 5 rings (SSSR count). The van der Waals surface area contributed by atoms with Crippen LogP contribution in [0.1, 0.15) is 64.2 Å².